The van der Waals surface area contributed by atoms with E-state index in [1.54, 1.807) is 4.68 Å². The van der Waals surface area contributed by atoms with Crippen LogP contribution in [0.1, 0.15) is 55.1 Å². The van der Waals surface area contributed by atoms with E-state index in [1.807, 2.05) is 0 Å². The average Bonchev–Trinajstić information content (AvgIpc) is 2.50. The van der Waals surface area contributed by atoms with Crippen molar-refractivity contribution in [2.45, 2.75) is 44.6 Å². The summed E-state index contributed by atoms with van der Waals surface area (Å²) in [5, 5.41) is 12.9. The van der Waals surface area contributed by atoms with Crippen molar-refractivity contribution in [2.75, 3.05) is 5.73 Å². The summed E-state index contributed by atoms with van der Waals surface area (Å²) in [6, 6.07) is 1.71. The fraction of sp³-hybridized carbons (Fsp3) is 0.636. The van der Waals surface area contributed by atoms with Crippen molar-refractivity contribution >= 4 is 11.8 Å². The average molecular weight is 223 g/mol. The van der Waals surface area contributed by atoms with E-state index in [2.05, 4.69) is 5.10 Å². The molecule has 0 aromatic carbocycles. The second-order valence-electron chi connectivity index (χ2n) is 4.35. The Balaban J connectivity index is 2.21. The zero-order chi connectivity index (χ0) is 11.5. The third-order valence-electron chi connectivity index (χ3n) is 3.15. The molecule has 5 nitrogen and oxygen atoms in total. The lowest BCUT2D eigenvalue weighted by atomic mass is 10.1. The molecular formula is C11H17N3O2. The molecule has 0 amide bonds. The van der Waals surface area contributed by atoms with Crippen LogP contribution in [-0.4, -0.2) is 20.9 Å². The zero-order valence-electron chi connectivity index (χ0n) is 9.22. The number of carbonyl (C=O) groups is 1. The van der Waals surface area contributed by atoms with Crippen molar-refractivity contribution in [3.05, 3.63) is 11.8 Å². The van der Waals surface area contributed by atoms with E-state index in [1.165, 1.54) is 31.7 Å². The maximum absolute atomic E-state index is 10.8. The first kappa shape index (κ1) is 11.0. The third-order valence-corrected chi connectivity index (χ3v) is 3.15. The van der Waals surface area contributed by atoms with Crippen LogP contribution in [0.5, 0.6) is 0 Å². The van der Waals surface area contributed by atoms with Gasteiger partial charge in [0.25, 0.3) is 0 Å². The van der Waals surface area contributed by atoms with Crippen molar-refractivity contribution in [3.63, 3.8) is 0 Å². The molecule has 1 heterocycles. The van der Waals surface area contributed by atoms with E-state index in [9.17, 15) is 4.79 Å². The van der Waals surface area contributed by atoms with Gasteiger partial charge in [0.2, 0.25) is 0 Å². The molecule has 1 saturated carbocycles. The number of aromatic carboxylic acids is 1. The van der Waals surface area contributed by atoms with E-state index in [0.717, 1.165) is 12.8 Å². The highest BCUT2D eigenvalue weighted by molar-refractivity contribution is 5.86. The second kappa shape index (κ2) is 4.55. The van der Waals surface area contributed by atoms with E-state index < -0.39 is 5.97 Å². The Kier molecular flexibility index (Phi) is 3.12. The monoisotopic (exact) mass is 223 g/mol. The highest BCUT2D eigenvalue weighted by Crippen LogP contribution is 2.28. The predicted octanol–water partition coefficient (Wildman–Crippen LogP) is 2.06. The van der Waals surface area contributed by atoms with Gasteiger partial charge in [0.05, 0.1) is 6.04 Å². The first-order valence-corrected chi connectivity index (χ1v) is 5.77. The topological polar surface area (TPSA) is 81.1 Å². The molecule has 1 fully saturated rings. The van der Waals surface area contributed by atoms with Crippen LogP contribution in [0.2, 0.25) is 0 Å². The number of anilines is 1. The lowest BCUT2D eigenvalue weighted by Gasteiger charge is -2.15. The van der Waals surface area contributed by atoms with Crippen LogP contribution in [0.15, 0.2) is 6.07 Å². The molecule has 3 N–H and O–H groups in total. The maximum Gasteiger partial charge on any atom is 0.356 e. The number of hydrogen-bond acceptors (Lipinski definition) is 3. The molecule has 0 spiro atoms. The zero-order valence-corrected chi connectivity index (χ0v) is 9.22. The second-order valence-corrected chi connectivity index (χ2v) is 4.35. The summed E-state index contributed by atoms with van der Waals surface area (Å²) < 4.78 is 1.69. The van der Waals surface area contributed by atoms with E-state index in [0.29, 0.717) is 5.82 Å². The van der Waals surface area contributed by atoms with E-state index in [-0.39, 0.29) is 11.7 Å². The molecule has 0 bridgehead atoms. The number of nitrogen functional groups attached to an aromatic ring is 1. The molecule has 1 aliphatic rings. The van der Waals surface area contributed by atoms with E-state index in [4.69, 9.17) is 10.8 Å². The Morgan fingerprint density at radius 3 is 2.50 bits per heavy atom. The molecule has 16 heavy (non-hydrogen) atoms. The highest BCUT2D eigenvalue weighted by Gasteiger charge is 2.19. The molecule has 1 aliphatic carbocycles. The molecule has 0 atom stereocenters. The largest absolute Gasteiger partial charge is 0.476 e. The lowest BCUT2D eigenvalue weighted by Crippen LogP contribution is -2.13. The summed E-state index contributed by atoms with van der Waals surface area (Å²) in [4.78, 5) is 10.8. The number of hydrogen-bond donors (Lipinski definition) is 2. The van der Waals surface area contributed by atoms with Gasteiger partial charge in [-0.25, -0.2) is 9.48 Å². The lowest BCUT2D eigenvalue weighted by molar-refractivity contribution is 0.0689. The normalized spacial score (nSPS) is 18.2. The maximum atomic E-state index is 10.8. The molecule has 0 radical (unpaired) electrons. The Bertz CT molecular complexity index is 379. The van der Waals surface area contributed by atoms with Gasteiger partial charge in [-0.2, -0.15) is 5.10 Å². The van der Waals surface area contributed by atoms with Crippen molar-refractivity contribution in [3.8, 4) is 0 Å². The molecule has 5 heteroatoms. The molecule has 0 saturated heterocycles. The van der Waals surface area contributed by atoms with Crippen molar-refractivity contribution < 1.29 is 9.90 Å². The summed E-state index contributed by atoms with van der Waals surface area (Å²) in [6.45, 7) is 0. The van der Waals surface area contributed by atoms with Gasteiger partial charge in [-0.15, -0.1) is 0 Å². The van der Waals surface area contributed by atoms with Crippen LogP contribution in [-0.2, 0) is 0 Å². The number of carboxylic acid groups (broad SMARTS) is 1. The van der Waals surface area contributed by atoms with E-state index >= 15 is 0 Å². The molecule has 2 rings (SSSR count). The summed E-state index contributed by atoms with van der Waals surface area (Å²) >= 11 is 0. The van der Waals surface area contributed by atoms with Gasteiger partial charge < -0.3 is 10.8 Å². The number of carboxylic acids is 1. The summed E-state index contributed by atoms with van der Waals surface area (Å²) in [6.07, 6.45) is 6.95. The van der Waals surface area contributed by atoms with Crippen molar-refractivity contribution in [2.24, 2.45) is 0 Å². The fourth-order valence-electron chi connectivity index (χ4n) is 2.31. The van der Waals surface area contributed by atoms with Gasteiger partial charge in [-0.05, 0) is 12.8 Å². The molecule has 0 unspecified atom stereocenters. The van der Waals surface area contributed by atoms with Gasteiger partial charge in [0, 0.05) is 6.07 Å². The number of nitrogens with zero attached hydrogens (tertiary/aromatic N) is 2. The van der Waals surface area contributed by atoms with Crippen molar-refractivity contribution in [1.82, 2.24) is 9.78 Å². The van der Waals surface area contributed by atoms with Crippen LogP contribution in [0, 0.1) is 0 Å². The van der Waals surface area contributed by atoms with Crippen LogP contribution < -0.4 is 5.73 Å². The van der Waals surface area contributed by atoms with Gasteiger partial charge in [0.1, 0.15) is 5.82 Å². The van der Waals surface area contributed by atoms with Gasteiger partial charge >= 0.3 is 5.97 Å². The Hall–Kier alpha value is -1.52. The SMILES string of the molecule is Nc1cc(C(=O)O)nn1C1CCCCCC1. The Labute approximate surface area is 94.2 Å². The summed E-state index contributed by atoms with van der Waals surface area (Å²) in [5.74, 6) is -0.552. The minimum Gasteiger partial charge on any atom is -0.476 e. The molecule has 1 aromatic rings. The Morgan fingerprint density at radius 1 is 1.38 bits per heavy atom. The van der Waals surface area contributed by atoms with Crippen LogP contribution >= 0.6 is 0 Å². The highest BCUT2D eigenvalue weighted by atomic mass is 16.4. The van der Waals surface area contributed by atoms with Crippen LogP contribution in [0.3, 0.4) is 0 Å². The minimum atomic E-state index is -1.01. The molecule has 1 aromatic heterocycles. The van der Waals surface area contributed by atoms with Crippen LogP contribution in [0.4, 0.5) is 5.82 Å². The van der Waals surface area contributed by atoms with Gasteiger partial charge in [-0.1, -0.05) is 25.7 Å². The standard InChI is InChI=1S/C11H17N3O2/c12-10-7-9(11(15)16)13-14(10)8-5-3-1-2-4-6-8/h7-8H,1-6,12H2,(H,15,16). The number of nitrogens with two attached hydrogens (primary N) is 1. The third kappa shape index (κ3) is 2.18. The Morgan fingerprint density at radius 2 is 2.00 bits per heavy atom. The molecule has 0 aliphatic heterocycles. The quantitative estimate of drug-likeness (QED) is 0.752. The van der Waals surface area contributed by atoms with Gasteiger partial charge in [-0.3, -0.25) is 0 Å². The first-order chi connectivity index (χ1) is 7.68. The van der Waals surface area contributed by atoms with Crippen molar-refractivity contribution in [1.29, 1.82) is 0 Å². The first-order valence-electron chi connectivity index (χ1n) is 5.77. The predicted molar refractivity (Wildman–Crippen MR) is 60.3 cm³/mol. The van der Waals surface area contributed by atoms with Gasteiger partial charge in [0.15, 0.2) is 5.69 Å². The summed E-state index contributed by atoms with van der Waals surface area (Å²) in [5.41, 5.74) is 5.84. The minimum absolute atomic E-state index is 0.0433. The summed E-state index contributed by atoms with van der Waals surface area (Å²) in [7, 11) is 0. The number of rotatable bonds is 2. The number of aromatic nitrogens is 2. The van der Waals surface area contributed by atoms with Crippen LogP contribution in [0.25, 0.3) is 0 Å². The molecular weight excluding hydrogens is 206 g/mol. The fourth-order valence-corrected chi connectivity index (χ4v) is 2.31. The smallest absolute Gasteiger partial charge is 0.356 e. The molecule has 88 valence electrons.